The smallest absolute Gasteiger partial charge is 0.269 e. The molecular weight excluding hydrogens is 292 g/mol. The standard InChI is InChI=1S/C17H22N4O2/c1-11-3-5-12(6-4-11)10-20-15(17(23)19-2)9-14(18)16(22)21-13-7-8-13/h3-6,9,13,18,20H,7-8,10H2,1-2H3,(H,19,23)(H,21,22)/b15-9-,18-14?. The number of hydrogen-bond acceptors (Lipinski definition) is 4. The van der Waals surface area contributed by atoms with E-state index in [1.54, 1.807) is 0 Å². The van der Waals surface area contributed by atoms with Crippen LogP contribution in [0.3, 0.4) is 0 Å². The summed E-state index contributed by atoms with van der Waals surface area (Å²) in [6.07, 6.45) is 3.18. The molecule has 0 unspecified atom stereocenters. The zero-order valence-electron chi connectivity index (χ0n) is 13.4. The zero-order chi connectivity index (χ0) is 16.8. The Bertz CT molecular complexity index is 630. The van der Waals surface area contributed by atoms with Crippen molar-refractivity contribution in [3.05, 3.63) is 47.2 Å². The molecule has 0 spiro atoms. The molecule has 0 radical (unpaired) electrons. The maximum Gasteiger partial charge on any atom is 0.269 e. The Morgan fingerprint density at radius 1 is 1.22 bits per heavy atom. The minimum Gasteiger partial charge on any atom is -0.376 e. The van der Waals surface area contributed by atoms with Crippen LogP contribution < -0.4 is 16.0 Å². The van der Waals surface area contributed by atoms with Crippen molar-refractivity contribution in [2.24, 2.45) is 0 Å². The van der Waals surface area contributed by atoms with E-state index in [0.29, 0.717) is 6.54 Å². The average molecular weight is 314 g/mol. The fourth-order valence-corrected chi connectivity index (χ4v) is 1.94. The van der Waals surface area contributed by atoms with Crippen molar-refractivity contribution in [2.75, 3.05) is 7.05 Å². The first-order chi connectivity index (χ1) is 11.0. The maximum atomic E-state index is 11.9. The minimum atomic E-state index is -0.453. The van der Waals surface area contributed by atoms with Crippen LogP contribution in [0.25, 0.3) is 0 Å². The summed E-state index contributed by atoms with van der Waals surface area (Å²) in [6.45, 7) is 2.45. The van der Waals surface area contributed by atoms with Crippen LogP contribution >= 0.6 is 0 Å². The van der Waals surface area contributed by atoms with Crippen molar-refractivity contribution in [1.82, 2.24) is 16.0 Å². The van der Waals surface area contributed by atoms with Gasteiger partial charge in [-0.15, -0.1) is 0 Å². The first-order valence-electron chi connectivity index (χ1n) is 7.62. The van der Waals surface area contributed by atoms with E-state index in [-0.39, 0.29) is 23.4 Å². The van der Waals surface area contributed by atoms with Gasteiger partial charge in [-0.1, -0.05) is 29.8 Å². The quantitative estimate of drug-likeness (QED) is 0.447. The molecule has 0 bridgehead atoms. The number of carbonyl (C=O) groups is 2. The van der Waals surface area contributed by atoms with Crippen molar-refractivity contribution in [2.45, 2.75) is 32.4 Å². The molecule has 1 aliphatic carbocycles. The Labute approximate surface area is 135 Å². The summed E-state index contributed by atoms with van der Waals surface area (Å²) >= 11 is 0. The Morgan fingerprint density at radius 3 is 2.43 bits per heavy atom. The van der Waals surface area contributed by atoms with Gasteiger partial charge in [-0.25, -0.2) is 0 Å². The van der Waals surface area contributed by atoms with E-state index in [4.69, 9.17) is 5.41 Å². The second kappa shape index (κ2) is 7.58. The molecule has 0 atom stereocenters. The van der Waals surface area contributed by atoms with Crippen LogP contribution in [0.2, 0.25) is 0 Å². The van der Waals surface area contributed by atoms with Crippen LogP contribution in [0.5, 0.6) is 0 Å². The summed E-state index contributed by atoms with van der Waals surface area (Å²) in [6, 6.07) is 8.10. The molecule has 0 aromatic heterocycles. The lowest BCUT2D eigenvalue weighted by atomic mass is 10.1. The summed E-state index contributed by atoms with van der Waals surface area (Å²) in [5.41, 5.74) is 2.14. The Kier molecular flexibility index (Phi) is 5.51. The van der Waals surface area contributed by atoms with Crippen molar-refractivity contribution in [1.29, 1.82) is 5.41 Å². The number of amides is 2. The fraction of sp³-hybridized carbons (Fsp3) is 0.353. The number of carbonyl (C=O) groups excluding carboxylic acids is 2. The topological polar surface area (TPSA) is 94.1 Å². The van der Waals surface area contributed by atoms with E-state index in [9.17, 15) is 9.59 Å². The van der Waals surface area contributed by atoms with Gasteiger partial charge in [-0.3, -0.25) is 15.0 Å². The van der Waals surface area contributed by atoms with Gasteiger partial charge in [0.2, 0.25) is 0 Å². The molecule has 1 aromatic rings. The summed E-state index contributed by atoms with van der Waals surface area (Å²) in [5, 5.41) is 16.0. The van der Waals surface area contributed by atoms with Crippen LogP contribution in [-0.2, 0) is 16.1 Å². The summed E-state index contributed by atoms with van der Waals surface area (Å²) in [4.78, 5) is 23.7. The van der Waals surface area contributed by atoms with Gasteiger partial charge in [0, 0.05) is 19.6 Å². The van der Waals surface area contributed by atoms with E-state index in [1.165, 1.54) is 13.1 Å². The highest BCUT2D eigenvalue weighted by Crippen LogP contribution is 2.18. The van der Waals surface area contributed by atoms with E-state index in [1.807, 2.05) is 31.2 Å². The van der Waals surface area contributed by atoms with Crippen LogP contribution in [-0.4, -0.2) is 30.6 Å². The average Bonchev–Trinajstić information content (AvgIpc) is 3.35. The highest BCUT2D eigenvalue weighted by atomic mass is 16.2. The molecular formula is C17H22N4O2. The lowest BCUT2D eigenvalue weighted by Crippen LogP contribution is -2.34. The third kappa shape index (κ3) is 5.25. The molecule has 0 aliphatic heterocycles. The third-order valence-electron chi connectivity index (χ3n) is 3.52. The van der Waals surface area contributed by atoms with Gasteiger partial charge in [-0.2, -0.15) is 0 Å². The number of nitrogens with one attached hydrogen (secondary N) is 4. The number of likely N-dealkylation sites (N-methyl/N-ethyl adjacent to an activating group) is 1. The van der Waals surface area contributed by atoms with Gasteiger partial charge < -0.3 is 16.0 Å². The largest absolute Gasteiger partial charge is 0.376 e. The number of aryl methyl sites for hydroxylation is 1. The molecule has 0 saturated heterocycles. The summed E-state index contributed by atoms with van der Waals surface area (Å²) in [5.74, 6) is -0.813. The van der Waals surface area contributed by atoms with Crippen molar-refractivity contribution in [3.8, 4) is 0 Å². The lowest BCUT2D eigenvalue weighted by molar-refractivity contribution is -0.117. The molecule has 2 rings (SSSR count). The second-order valence-electron chi connectivity index (χ2n) is 5.64. The Balaban J connectivity index is 2.01. The van der Waals surface area contributed by atoms with Gasteiger partial charge in [-0.05, 0) is 31.4 Å². The second-order valence-corrected chi connectivity index (χ2v) is 5.64. The summed E-state index contributed by atoms with van der Waals surface area (Å²) in [7, 11) is 1.51. The molecule has 1 fully saturated rings. The normalized spacial score (nSPS) is 14.1. The van der Waals surface area contributed by atoms with Gasteiger partial charge in [0.15, 0.2) is 0 Å². The molecule has 122 valence electrons. The lowest BCUT2D eigenvalue weighted by Gasteiger charge is -2.11. The molecule has 0 heterocycles. The third-order valence-corrected chi connectivity index (χ3v) is 3.52. The SMILES string of the molecule is CNC(=O)/C(=C/C(=N)C(=O)NC1CC1)NCc1ccc(C)cc1. The zero-order valence-corrected chi connectivity index (χ0v) is 13.4. The first kappa shape index (κ1) is 16.7. The Hall–Kier alpha value is -2.63. The molecule has 6 heteroatoms. The van der Waals surface area contributed by atoms with E-state index in [0.717, 1.165) is 24.0 Å². The molecule has 1 aromatic carbocycles. The monoisotopic (exact) mass is 314 g/mol. The first-order valence-corrected chi connectivity index (χ1v) is 7.62. The molecule has 23 heavy (non-hydrogen) atoms. The highest BCUT2D eigenvalue weighted by molar-refractivity contribution is 6.42. The van der Waals surface area contributed by atoms with Crippen molar-refractivity contribution in [3.63, 3.8) is 0 Å². The van der Waals surface area contributed by atoms with Crippen LogP contribution in [0.1, 0.15) is 24.0 Å². The van der Waals surface area contributed by atoms with Crippen LogP contribution in [0, 0.1) is 12.3 Å². The van der Waals surface area contributed by atoms with Gasteiger partial charge >= 0.3 is 0 Å². The van der Waals surface area contributed by atoms with E-state index in [2.05, 4.69) is 16.0 Å². The molecule has 1 aliphatic rings. The highest BCUT2D eigenvalue weighted by Gasteiger charge is 2.24. The van der Waals surface area contributed by atoms with E-state index >= 15 is 0 Å². The minimum absolute atomic E-state index is 0.181. The molecule has 6 nitrogen and oxygen atoms in total. The van der Waals surface area contributed by atoms with E-state index < -0.39 is 5.91 Å². The maximum absolute atomic E-state index is 11.9. The Morgan fingerprint density at radius 2 is 1.87 bits per heavy atom. The van der Waals surface area contributed by atoms with Gasteiger partial charge in [0.05, 0.1) is 0 Å². The van der Waals surface area contributed by atoms with Crippen LogP contribution in [0.15, 0.2) is 36.0 Å². The number of rotatable bonds is 7. The van der Waals surface area contributed by atoms with Gasteiger partial charge in [0.1, 0.15) is 11.4 Å². The van der Waals surface area contributed by atoms with Crippen molar-refractivity contribution < 1.29 is 9.59 Å². The summed E-state index contributed by atoms with van der Waals surface area (Å²) < 4.78 is 0. The molecule has 4 N–H and O–H groups in total. The predicted octanol–water partition coefficient (Wildman–Crippen LogP) is 1.01. The van der Waals surface area contributed by atoms with Gasteiger partial charge in [0.25, 0.3) is 11.8 Å². The number of hydrogen-bond donors (Lipinski definition) is 4. The fourth-order valence-electron chi connectivity index (χ4n) is 1.94. The molecule has 1 saturated carbocycles. The number of benzene rings is 1. The molecule has 2 amide bonds. The van der Waals surface area contributed by atoms with Crippen LogP contribution in [0.4, 0.5) is 0 Å². The van der Waals surface area contributed by atoms with Crippen molar-refractivity contribution >= 4 is 17.5 Å². The predicted molar refractivity (Wildman–Crippen MR) is 89.1 cm³/mol.